The minimum Gasteiger partial charge on any atom is -0.218 e. The predicted octanol–water partition coefficient (Wildman–Crippen LogP) is 13.3. The van der Waals surface area contributed by atoms with E-state index in [1.807, 2.05) is 36.4 Å². The second kappa shape index (κ2) is 14.6. The first-order valence-electron chi connectivity index (χ1n) is 23.2. The van der Waals surface area contributed by atoms with Gasteiger partial charge in [-0.2, -0.15) is 0 Å². The highest BCUT2D eigenvalue weighted by Crippen LogP contribution is 2.56. The van der Waals surface area contributed by atoms with Crippen LogP contribution in [0.1, 0.15) is 185 Å². The van der Waals surface area contributed by atoms with Crippen molar-refractivity contribution < 1.29 is 16.8 Å². The van der Waals surface area contributed by atoms with E-state index in [0.717, 1.165) is 65.8 Å². The molecule has 0 fully saturated rings. The van der Waals surface area contributed by atoms with Crippen molar-refractivity contribution in [2.75, 3.05) is 0 Å². The van der Waals surface area contributed by atoms with Gasteiger partial charge in [0.05, 0.1) is 19.6 Å². The van der Waals surface area contributed by atoms with Crippen LogP contribution in [-0.4, -0.2) is 16.8 Å². The summed E-state index contributed by atoms with van der Waals surface area (Å²) in [5, 5.41) is 3.50. The first-order valence-corrected chi connectivity index (χ1v) is 26.1. The van der Waals surface area contributed by atoms with Gasteiger partial charge in [0.1, 0.15) is 0 Å². The van der Waals surface area contributed by atoms with Crippen molar-refractivity contribution in [3.8, 4) is 0 Å². The van der Waals surface area contributed by atoms with Gasteiger partial charge in [0, 0.05) is 33.4 Å². The van der Waals surface area contributed by atoms with Crippen LogP contribution >= 0.6 is 0 Å². The van der Waals surface area contributed by atoms with Crippen molar-refractivity contribution in [2.45, 2.75) is 128 Å². The van der Waals surface area contributed by atoms with Crippen molar-refractivity contribution in [2.24, 2.45) is 0 Å². The van der Waals surface area contributed by atoms with E-state index in [4.69, 9.17) is 0 Å². The van der Waals surface area contributed by atoms with E-state index < -0.39 is 19.7 Å². The summed E-state index contributed by atoms with van der Waals surface area (Å²) in [7, 11) is -7.79. The van der Waals surface area contributed by atoms with E-state index in [0.29, 0.717) is 42.6 Å². The maximum Gasteiger partial charge on any atom is 0.208 e. The molecule has 4 aliphatic rings. The molecule has 10 rings (SSSR count). The van der Waals surface area contributed by atoms with Crippen LogP contribution in [0.4, 0.5) is 0 Å². The van der Waals surface area contributed by atoms with Gasteiger partial charge < -0.3 is 0 Å². The van der Waals surface area contributed by atoms with Gasteiger partial charge in [-0.05, 0) is 149 Å². The Morgan fingerprint density at radius 2 is 0.656 bits per heavy atom. The average molecular weight is 883 g/mol. The second-order valence-electron chi connectivity index (χ2n) is 20.4. The van der Waals surface area contributed by atoms with Crippen LogP contribution in [0.5, 0.6) is 0 Å². The molecule has 326 valence electrons. The summed E-state index contributed by atoms with van der Waals surface area (Å²) in [5.41, 5.74) is 15.9. The summed E-state index contributed by atoms with van der Waals surface area (Å²) >= 11 is 0. The number of allylic oxidation sites excluding steroid dienone is 2. The molecule has 0 amide bonds. The van der Waals surface area contributed by atoms with E-state index in [1.165, 1.54) is 33.4 Å². The molecule has 2 heterocycles. The van der Waals surface area contributed by atoms with E-state index in [9.17, 15) is 16.8 Å². The van der Waals surface area contributed by atoms with Crippen LogP contribution in [0.3, 0.4) is 0 Å². The summed E-state index contributed by atoms with van der Waals surface area (Å²) in [6.45, 7) is 26.7. The summed E-state index contributed by atoms with van der Waals surface area (Å²) in [6, 6.07) is 32.8. The number of rotatable bonds is 8. The first kappa shape index (κ1) is 42.6. The molecule has 2 aliphatic heterocycles. The van der Waals surface area contributed by atoms with E-state index in [2.05, 4.69) is 132 Å². The lowest BCUT2D eigenvalue weighted by Crippen LogP contribution is -2.17. The third-order valence-corrected chi connectivity index (χ3v) is 18.1. The Morgan fingerprint density at radius 3 is 0.953 bits per heavy atom. The molecular weight excluding hydrogens is 825 g/mol. The van der Waals surface area contributed by atoms with E-state index in [-0.39, 0.29) is 23.7 Å². The summed E-state index contributed by atoms with van der Waals surface area (Å²) < 4.78 is 60.0. The molecule has 64 heavy (non-hydrogen) atoms. The second-order valence-corrected chi connectivity index (χ2v) is 24.1. The van der Waals surface area contributed by atoms with Gasteiger partial charge in [-0.3, -0.25) is 0 Å². The lowest BCUT2D eigenvalue weighted by atomic mass is 9.79. The Morgan fingerprint density at radius 1 is 0.344 bits per heavy atom. The van der Waals surface area contributed by atoms with Crippen LogP contribution in [0.25, 0.3) is 42.9 Å². The largest absolute Gasteiger partial charge is 0.218 e. The zero-order valence-corrected chi connectivity index (χ0v) is 40.8. The fraction of sp³-hybridized carbons (Fsp3) is 0.310. The summed E-state index contributed by atoms with van der Waals surface area (Å²) in [5.74, 6) is 1.30. The SMILES string of the molecule is CC(C)c1cc(C(C)C)c(C2=c3cc4cc5c(cc4cc3C3=C2c2ccccc2S3(=O)=O)=C(c2c(C(C)C)cc(C(C)C)cc2C(C)C)C2=C5S(=O)(=O)c3ccccc32)c(C(C)C)c1. The van der Waals surface area contributed by atoms with Crippen molar-refractivity contribution >= 4 is 62.5 Å². The molecule has 2 aliphatic carbocycles. The van der Waals surface area contributed by atoms with Crippen molar-refractivity contribution in [3.05, 3.63) is 174 Å². The van der Waals surface area contributed by atoms with Crippen LogP contribution < -0.4 is 10.4 Å². The molecule has 0 bridgehead atoms. The van der Waals surface area contributed by atoms with Crippen molar-refractivity contribution in [3.63, 3.8) is 0 Å². The predicted molar refractivity (Wildman–Crippen MR) is 267 cm³/mol. The molecular formula is C58H58O4S2. The van der Waals surface area contributed by atoms with Crippen LogP contribution in [-0.2, 0) is 19.7 Å². The molecule has 4 nitrogen and oxygen atoms in total. The highest BCUT2D eigenvalue weighted by molar-refractivity contribution is 8.01. The maximum absolute atomic E-state index is 15.0. The Labute approximate surface area is 380 Å². The topological polar surface area (TPSA) is 68.3 Å². The molecule has 0 unspecified atom stereocenters. The third kappa shape index (κ3) is 5.90. The Kier molecular flexibility index (Phi) is 9.73. The van der Waals surface area contributed by atoms with Crippen molar-refractivity contribution in [1.82, 2.24) is 0 Å². The van der Waals surface area contributed by atoms with E-state index in [1.54, 1.807) is 12.1 Å². The average Bonchev–Trinajstić information content (AvgIpc) is 3.90. The van der Waals surface area contributed by atoms with E-state index >= 15 is 0 Å². The van der Waals surface area contributed by atoms with Gasteiger partial charge >= 0.3 is 0 Å². The first-order chi connectivity index (χ1) is 30.2. The molecule has 0 saturated heterocycles. The van der Waals surface area contributed by atoms with Crippen LogP contribution in [0, 0.1) is 0 Å². The monoisotopic (exact) mass is 882 g/mol. The normalized spacial score (nSPS) is 16.7. The third-order valence-electron chi connectivity index (χ3n) is 14.3. The fourth-order valence-electron chi connectivity index (χ4n) is 11.0. The Balaban J connectivity index is 1.39. The van der Waals surface area contributed by atoms with Gasteiger partial charge in [-0.15, -0.1) is 0 Å². The number of benzene rings is 6. The maximum atomic E-state index is 15.0. The lowest BCUT2D eigenvalue weighted by molar-refractivity contribution is 0.605. The fourth-order valence-corrected chi connectivity index (χ4v) is 14.8. The summed E-state index contributed by atoms with van der Waals surface area (Å²) in [4.78, 5) is 1.43. The molecule has 6 heteroatoms. The summed E-state index contributed by atoms with van der Waals surface area (Å²) in [6.07, 6.45) is 0. The molecule has 0 N–H and O–H groups in total. The van der Waals surface area contributed by atoms with Gasteiger partial charge in [-0.1, -0.05) is 144 Å². The number of hydrogen-bond donors (Lipinski definition) is 0. The molecule has 0 saturated carbocycles. The smallest absolute Gasteiger partial charge is 0.208 e. The highest BCUT2D eigenvalue weighted by Gasteiger charge is 2.45. The van der Waals surface area contributed by atoms with Crippen LogP contribution in [0.2, 0.25) is 0 Å². The lowest BCUT2D eigenvalue weighted by Gasteiger charge is -2.25. The van der Waals surface area contributed by atoms with Gasteiger partial charge in [0.15, 0.2) is 0 Å². The molecule has 6 aromatic rings. The van der Waals surface area contributed by atoms with Gasteiger partial charge in [-0.25, -0.2) is 16.8 Å². The molecule has 0 radical (unpaired) electrons. The number of sulfone groups is 2. The number of hydrogen-bond acceptors (Lipinski definition) is 4. The minimum atomic E-state index is -3.90. The Bertz CT molecular complexity index is 3220. The molecule has 0 atom stereocenters. The molecule has 0 spiro atoms. The minimum absolute atomic E-state index is 0.165. The van der Waals surface area contributed by atoms with Crippen LogP contribution in [0.15, 0.2) is 107 Å². The zero-order valence-electron chi connectivity index (χ0n) is 39.2. The zero-order chi connectivity index (χ0) is 45.6. The standard InChI is InChI=1S/C58H58O4S2/c1-29(2)35-21-41(31(5)6)51(42(22-35)32(7)8)53-45-25-37-28-48-46(26-38(37)27-47(45)57-55(53)39-17-13-15-19-49(39)63(57,59)60)54(56-40-18-14-16-20-50(40)64(61,62)58(48)56)52-43(33(9)10)23-36(30(3)4)24-44(52)34(11)12/h13-34H,1-12H3. The molecule has 6 aromatic carbocycles. The molecule has 0 aromatic heterocycles. The van der Waals surface area contributed by atoms with Crippen molar-refractivity contribution in [1.29, 1.82) is 0 Å². The van der Waals surface area contributed by atoms with Gasteiger partial charge in [0.2, 0.25) is 19.7 Å². The Hall–Kier alpha value is -5.30. The van der Waals surface area contributed by atoms with Gasteiger partial charge in [0.25, 0.3) is 0 Å². The highest BCUT2D eigenvalue weighted by atomic mass is 32.2. The quantitative estimate of drug-likeness (QED) is 0.153. The number of fused-ring (bicyclic) bond motifs is 9.